The molecule has 0 aromatic carbocycles. The fourth-order valence-electron chi connectivity index (χ4n) is 2.65. The third kappa shape index (κ3) is 5.55. The molecule has 2 heterocycles. The molecule has 0 unspecified atom stereocenters. The number of thiazole rings is 1. The lowest BCUT2D eigenvalue weighted by Crippen LogP contribution is -2.51. The molecule has 1 aromatic heterocycles. The predicted octanol–water partition coefficient (Wildman–Crippen LogP) is 2.13. The quantitative estimate of drug-likeness (QED) is 0.555. The maximum Gasteiger partial charge on any atom is 0.511 e. The van der Waals surface area contributed by atoms with Gasteiger partial charge in [-0.15, -0.1) is 11.3 Å². The van der Waals surface area contributed by atoms with E-state index in [1.807, 2.05) is 20.8 Å². The lowest BCUT2D eigenvalue weighted by molar-refractivity contribution is -0.0494. The van der Waals surface area contributed by atoms with E-state index in [2.05, 4.69) is 20.6 Å². The van der Waals surface area contributed by atoms with Crippen LogP contribution in [0.4, 0.5) is 13.2 Å². The average Bonchev–Trinajstić information content (AvgIpc) is 2.90. The molecule has 0 radical (unpaired) electrons. The van der Waals surface area contributed by atoms with Crippen molar-refractivity contribution in [3.05, 3.63) is 15.6 Å². The van der Waals surface area contributed by atoms with Gasteiger partial charge in [-0.3, -0.25) is 0 Å². The molecule has 2 N–H and O–H groups in total. The molecule has 0 atom stereocenters. The van der Waals surface area contributed by atoms with Crippen LogP contribution in [0.5, 0.6) is 0 Å². The van der Waals surface area contributed by atoms with Gasteiger partial charge in [0.05, 0.1) is 12.2 Å². The van der Waals surface area contributed by atoms with Crippen LogP contribution in [0.2, 0.25) is 0 Å². The fourth-order valence-corrected chi connectivity index (χ4v) is 4.50. The van der Waals surface area contributed by atoms with E-state index in [0.717, 1.165) is 15.6 Å². The zero-order chi connectivity index (χ0) is 20.2. The molecule has 0 saturated carbocycles. The number of alkyl halides is 3. The topological polar surface area (TPSA) is 86.7 Å². The number of guanidine groups is 1. The Labute approximate surface area is 161 Å². The van der Waals surface area contributed by atoms with Gasteiger partial charge in [-0.1, -0.05) is 0 Å². The molecule has 27 heavy (non-hydrogen) atoms. The number of piperidine rings is 1. The highest BCUT2D eigenvalue weighted by Crippen LogP contribution is 2.29. The number of aryl methyl sites for hydroxylation is 2. The van der Waals surface area contributed by atoms with Crippen molar-refractivity contribution < 1.29 is 21.6 Å². The zero-order valence-corrected chi connectivity index (χ0v) is 17.1. The molecule has 12 heteroatoms. The summed E-state index contributed by atoms with van der Waals surface area (Å²) in [7, 11) is -5.26. The second kappa shape index (κ2) is 8.74. The summed E-state index contributed by atoms with van der Waals surface area (Å²) in [6.45, 7) is 6.51. The Hall–Kier alpha value is -1.40. The summed E-state index contributed by atoms with van der Waals surface area (Å²) in [6.07, 6.45) is 0.546. The van der Waals surface area contributed by atoms with Crippen LogP contribution in [0.25, 0.3) is 0 Å². The third-order valence-corrected chi connectivity index (χ3v) is 6.90. The minimum absolute atomic E-state index is 0.151. The fraction of sp³-hybridized carbons (Fsp3) is 0.733. The Bertz CT molecular complexity index is 749. The van der Waals surface area contributed by atoms with Crippen LogP contribution < -0.4 is 10.6 Å². The van der Waals surface area contributed by atoms with E-state index in [1.54, 1.807) is 11.3 Å². The number of aromatic nitrogens is 1. The summed E-state index contributed by atoms with van der Waals surface area (Å²) in [5, 5.41) is 7.15. The summed E-state index contributed by atoms with van der Waals surface area (Å²) in [5.74, 6) is 0.542. The Balaban J connectivity index is 1.95. The molecule has 1 saturated heterocycles. The molecule has 0 aliphatic carbocycles. The summed E-state index contributed by atoms with van der Waals surface area (Å²) < 4.78 is 61.3. The van der Waals surface area contributed by atoms with Crippen LogP contribution in [0.15, 0.2) is 4.99 Å². The summed E-state index contributed by atoms with van der Waals surface area (Å²) >= 11 is 1.57. The molecule has 1 aliphatic rings. The van der Waals surface area contributed by atoms with Gasteiger partial charge < -0.3 is 10.6 Å². The summed E-state index contributed by atoms with van der Waals surface area (Å²) in [6, 6.07) is -0.151. The lowest BCUT2D eigenvalue weighted by Gasteiger charge is -2.32. The Morgan fingerprint density at radius 3 is 2.44 bits per heavy atom. The lowest BCUT2D eigenvalue weighted by atomic mass is 10.1. The van der Waals surface area contributed by atoms with Gasteiger partial charge in [-0.2, -0.15) is 17.5 Å². The largest absolute Gasteiger partial charge is 0.511 e. The van der Waals surface area contributed by atoms with Crippen LogP contribution in [-0.4, -0.2) is 54.9 Å². The molecule has 154 valence electrons. The molecule has 7 nitrogen and oxygen atoms in total. The summed E-state index contributed by atoms with van der Waals surface area (Å²) in [5.41, 5.74) is -4.28. The van der Waals surface area contributed by atoms with Gasteiger partial charge in [-0.25, -0.2) is 18.4 Å². The molecule has 1 aliphatic heterocycles. The van der Waals surface area contributed by atoms with Crippen LogP contribution in [0, 0.1) is 13.8 Å². The van der Waals surface area contributed by atoms with E-state index in [4.69, 9.17) is 0 Å². The Kier molecular flexibility index (Phi) is 7.09. The maximum atomic E-state index is 12.6. The molecule has 1 aromatic rings. The monoisotopic (exact) mass is 427 g/mol. The van der Waals surface area contributed by atoms with Crippen molar-refractivity contribution in [2.45, 2.75) is 51.7 Å². The highest BCUT2D eigenvalue weighted by molar-refractivity contribution is 7.90. The smallest absolute Gasteiger partial charge is 0.357 e. The molecule has 2 rings (SSSR count). The van der Waals surface area contributed by atoms with Crippen molar-refractivity contribution >= 4 is 27.3 Å². The Morgan fingerprint density at radius 1 is 1.33 bits per heavy atom. The molecule has 0 bridgehead atoms. The number of nitrogens with one attached hydrogen (secondary N) is 2. The van der Waals surface area contributed by atoms with Crippen molar-refractivity contribution in [2.24, 2.45) is 4.99 Å². The minimum atomic E-state index is -5.26. The first kappa shape index (κ1) is 21.9. The van der Waals surface area contributed by atoms with Crippen molar-refractivity contribution in [3.63, 3.8) is 0 Å². The van der Waals surface area contributed by atoms with Crippen molar-refractivity contribution in [1.82, 2.24) is 19.9 Å². The molecular weight excluding hydrogens is 403 g/mol. The third-order valence-electron chi connectivity index (χ3n) is 4.22. The van der Waals surface area contributed by atoms with Crippen molar-refractivity contribution in [1.29, 1.82) is 0 Å². The predicted molar refractivity (Wildman–Crippen MR) is 99.1 cm³/mol. The summed E-state index contributed by atoms with van der Waals surface area (Å²) in [4.78, 5) is 10.0. The Morgan fingerprint density at radius 2 is 1.96 bits per heavy atom. The molecule has 0 amide bonds. The normalized spacial score (nSPS) is 17.9. The van der Waals surface area contributed by atoms with Crippen LogP contribution in [-0.2, 0) is 16.6 Å². The number of hydrogen-bond donors (Lipinski definition) is 2. The number of halogens is 3. The van der Waals surface area contributed by atoms with Crippen LogP contribution >= 0.6 is 11.3 Å². The van der Waals surface area contributed by atoms with Gasteiger partial charge in [-0.05, 0) is 33.6 Å². The van der Waals surface area contributed by atoms with Crippen molar-refractivity contribution in [3.8, 4) is 0 Å². The first-order valence-corrected chi connectivity index (χ1v) is 10.8. The average molecular weight is 428 g/mol. The van der Waals surface area contributed by atoms with E-state index in [-0.39, 0.29) is 32.0 Å². The first-order valence-electron chi connectivity index (χ1n) is 8.58. The first-order chi connectivity index (χ1) is 12.5. The SMILES string of the molecule is CCNC(=NCc1nc(C)c(C)s1)NC1CCN(S(=O)(=O)C(F)(F)F)CC1. The second-order valence-corrected chi connectivity index (χ2v) is 9.43. The van der Waals surface area contributed by atoms with E-state index >= 15 is 0 Å². The standard InChI is InChI=1S/C15H24F3N5O2S2/c1-4-19-14(20-9-13-21-10(2)11(3)26-13)22-12-5-7-23(8-6-12)27(24,25)15(16,17)18/h12H,4-9H2,1-3H3,(H2,19,20,22). The number of sulfonamides is 1. The van der Waals surface area contributed by atoms with Gasteiger partial charge >= 0.3 is 15.5 Å². The van der Waals surface area contributed by atoms with Gasteiger partial charge in [0.1, 0.15) is 5.01 Å². The van der Waals surface area contributed by atoms with E-state index in [9.17, 15) is 21.6 Å². The van der Waals surface area contributed by atoms with E-state index < -0.39 is 15.5 Å². The second-order valence-electron chi connectivity index (χ2n) is 6.21. The zero-order valence-electron chi connectivity index (χ0n) is 15.4. The van der Waals surface area contributed by atoms with Gasteiger partial charge in [0.2, 0.25) is 0 Å². The minimum Gasteiger partial charge on any atom is -0.357 e. The van der Waals surface area contributed by atoms with Crippen LogP contribution in [0.3, 0.4) is 0 Å². The number of hydrogen-bond acceptors (Lipinski definition) is 5. The van der Waals surface area contributed by atoms with Gasteiger partial charge in [0.15, 0.2) is 5.96 Å². The number of rotatable bonds is 5. The van der Waals surface area contributed by atoms with E-state index in [0.29, 0.717) is 23.4 Å². The highest BCUT2D eigenvalue weighted by atomic mass is 32.2. The van der Waals surface area contributed by atoms with Gasteiger partial charge in [0, 0.05) is 30.6 Å². The van der Waals surface area contributed by atoms with Gasteiger partial charge in [0.25, 0.3) is 0 Å². The molecular formula is C15H24F3N5O2S2. The van der Waals surface area contributed by atoms with Crippen molar-refractivity contribution in [2.75, 3.05) is 19.6 Å². The van der Waals surface area contributed by atoms with Crippen LogP contribution in [0.1, 0.15) is 35.3 Å². The highest BCUT2D eigenvalue weighted by Gasteiger charge is 2.50. The number of nitrogens with zero attached hydrogens (tertiary/aromatic N) is 3. The maximum absolute atomic E-state index is 12.6. The van der Waals surface area contributed by atoms with E-state index in [1.165, 1.54) is 0 Å². The molecule has 1 fully saturated rings. The molecule has 0 spiro atoms. The number of aliphatic imine (C=N–C) groups is 1.